The van der Waals surface area contributed by atoms with Crippen molar-refractivity contribution >= 4 is 38.9 Å². The second-order valence-corrected chi connectivity index (χ2v) is 4.96. The number of anilines is 1. The lowest BCUT2D eigenvalue weighted by molar-refractivity contribution is 0.758. The van der Waals surface area contributed by atoms with Crippen molar-refractivity contribution < 1.29 is 0 Å². The van der Waals surface area contributed by atoms with Crippen LogP contribution in [0.5, 0.6) is 0 Å². The van der Waals surface area contributed by atoms with Crippen LogP contribution in [0.2, 0.25) is 0 Å². The van der Waals surface area contributed by atoms with Crippen molar-refractivity contribution in [1.29, 1.82) is 0 Å². The molecule has 0 bridgehead atoms. The molecule has 0 fully saturated rings. The van der Waals surface area contributed by atoms with Gasteiger partial charge in [-0.15, -0.1) is 0 Å². The number of benzene rings is 1. The lowest BCUT2D eigenvalue weighted by atomic mass is 10.2. The first-order chi connectivity index (χ1) is 7.63. The summed E-state index contributed by atoms with van der Waals surface area (Å²) in [6.45, 7) is 5.15. The molecule has 0 aliphatic rings. The van der Waals surface area contributed by atoms with Gasteiger partial charge >= 0.3 is 0 Å². The number of unbranched alkanes of at least 4 members (excludes halogenated alkanes) is 1. The van der Waals surface area contributed by atoms with Gasteiger partial charge in [-0.3, -0.25) is 0 Å². The van der Waals surface area contributed by atoms with E-state index >= 15 is 0 Å². The minimum absolute atomic E-state index is 0.684. The number of rotatable bonds is 4. The highest BCUT2D eigenvalue weighted by Gasteiger charge is 1.99. The third kappa shape index (κ3) is 4.49. The van der Waals surface area contributed by atoms with Crippen LogP contribution in [0.3, 0.4) is 0 Å². The minimum atomic E-state index is 0.684. The summed E-state index contributed by atoms with van der Waals surface area (Å²) in [5, 5.41) is 7.01. The smallest absolute Gasteiger partial charge is 0.170 e. The normalized spacial score (nSPS) is 9.94. The Morgan fingerprint density at radius 2 is 2.19 bits per heavy atom. The maximum Gasteiger partial charge on any atom is 0.170 e. The van der Waals surface area contributed by atoms with Gasteiger partial charge in [0.25, 0.3) is 0 Å². The molecule has 1 aromatic carbocycles. The van der Waals surface area contributed by atoms with Crippen LogP contribution < -0.4 is 10.6 Å². The van der Waals surface area contributed by atoms with Crippen LogP contribution in [0.15, 0.2) is 22.7 Å². The summed E-state index contributed by atoms with van der Waals surface area (Å²) in [5.41, 5.74) is 2.22. The van der Waals surface area contributed by atoms with Gasteiger partial charge in [0.2, 0.25) is 0 Å². The second kappa shape index (κ2) is 6.86. The molecule has 1 rings (SSSR count). The van der Waals surface area contributed by atoms with Crippen LogP contribution in [-0.4, -0.2) is 11.7 Å². The van der Waals surface area contributed by atoms with E-state index in [1.54, 1.807) is 0 Å². The molecule has 0 atom stereocenters. The Bertz CT molecular complexity index is 366. The van der Waals surface area contributed by atoms with Crippen molar-refractivity contribution in [3.05, 3.63) is 28.2 Å². The van der Waals surface area contributed by atoms with E-state index in [1.807, 2.05) is 12.1 Å². The predicted octanol–water partition coefficient (Wildman–Crippen LogP) is 3.84. The molecule has 0 spiro atoms. The molecule has 0 aliphatic carbocycles. The van der Waals surface area contributed by atoms with Crippen LogP contribution in [0, 0.1) is 6.92 Å². The molecule has 0 saturated carbocycles. The molecule has 0 heterocycles. The van der Waals surface area contributed by atoms with Crippen LogP contribution >= 0.6 is 28.1 Å². The van der Waals surface area contributed by atoms with Crippen LogP contribution in [0.1, 0.15) is 25.3 Å². The third-order valence-electron chi connectivity index (χ3n) is 2.25. The molecule has 88 valence electrons. The second-order valence-electron chi connectivity index (χ2n) is 3.70. The van der Waals surface area contributed by atoms with Crippen molar-refractivity contribution in [2.24, 2.45) is 0 Å². The summed E-state index contributed by atoms with van der Waals surface area (Å²) in [6, 6.07) is 6.11. The monoisotopic (exact) mass is 300 g/mol. The molecular formula is C12H17BrN2S. The van der Waals surface area contributed by atoms with Crippen LogP contribution in [0.4, 0.5) is 5.69 Å². The maximum atomic E-state index is 5.19. The summed E-state index contributed by atoms with van der Waals surface area (Å²) >= 11 is 8.68. The minimum Gasteiger partial charge on any atom is -0.362 e. The quantitative estimate of drug-likeness (QED) is 0.652. The summed E-state index contributed by atoms with van der Waals surface area (Å²) < 4.78 is 1.09. The number of nitrogens with one attached hydrogen (secondary N) is 2. The lowest BCUT2D eigenvalue weighted by Gasteiger charge is -2.10. The number of halogens is 1. The van der Waals surface area contributed by atoms with E-state index in [0.717, 1.165) is 23.1 Å². The van der Waals surface area contributed by atoms with Gasteiger partial charge in [0, 0.05) is 16.7 Å². The fourth-order valence-electron chi connectivity index (χ4n) is 1.22. The van der Waals surface area contributed by atoms with Gasteiger partial charge < -0.3 is 10.6 Å². The fourth-order valence-corrected chi connectivity index (χ4v) is 1.82. The van der Waals surface area contributed by atoms with Crippen molar-refractivity contribution in [1.82, 2.24) is 5.32 Å². The van der Waals surface area contributed by atoms with Crippen molar-refractivity contribution in [2.75, 3.05) is 11.9 Å². The molecule has 1 aromatic rings. The lowest BCUT2D eigenvalue weighted by Crippen LogP contribution is -2.29. The molecule has 4 heteroatoms. The molecule has 0 radical (unpaired) electrons. The Balaban J connectivity index is 2.46. The summed E-state index contributed by atoms with van der Waals surface area (Å²) in [6.07, 6.45) is 2.31. The van der Waals surface area contributed by atoms with E-state index in [2.05, 4.69) is 46.5 Å². The summed E-state index contributed by atoms with van der Waals surface area (Å²) in [4.78, 5) is 0. The van der Waals surface area contributed by atoms with Gasteiger partial charge in [0.15, 0.2) is 5.11 Å². The van der Waals surface area contributed by atoms with E-state index in [1.165, 1.54) is 12.0 Å². The van der Waals surface area contributed by atoms with Crippen LogP contribution in [0.25, 0.3) is 0 Å². The summed E-state index contributed by atoms with van der Waals surface area (Å²) in [5.74, 6) is 0. The Hall–Kier alpha value is -0.610. The molecular weight excluding hydrogens is 284 g/mol. The van der Waals surface area contributed by atoms with Gasteiger partial charge in [-0.25, -0.2) is 0 Å². The van der Waals surface area contributed by atoms with Gasteiger partial charge in [0.05, 0.1) is 0 Å². The standard InChI is InChI=1S/C12H17BrN2S/c1-3-4-7-14-12(16)15-10-6-5-9(2)11(13)8-10/h5-6,8H,3-4,7H2,1-2H3,(H2,14,15,16). The number of hydrogen-bond acceptors (Lipinski definition) is 1. The number of aryl methyl sites for hydroxylation is 1. The largest absolute Gasteiger partial charge is 0.362 e. The Kier molecular flexibility index (Phi) is 5.77. The predicted molar refractivity (Wildman–Crippen MR) is 78.0 cm³/mol. The zero-order valence-electron chi connectivity index (χ0n) is 9.64. The Morgan fingerprint density at radius 3 is 2.81 bits per heavy atom. The van der Waals surface area contributed by atoms with Gasteiger partial charge in [-0.1, -0.05) is 35.3 Å². The average Bonchev–Trinajstić information content (AvgIpc) is 2.24. The Morgan fingerprint density at radius 1 is 1.44 bits per heavy atom. The average molecular weight is 301 g/mol. The van der Waals surface area contributed by atoms with E-state index in [4.69, 9.17) is 12.2 Å². The highest BCUT2D eigenvalue weighted by Crippen LogP contribution is 2.20. The topological polar surface area (TPSA) is 24.1 Å². The highest BCUT2D eigenvalue weighted by molar-refractivity contribution is 9.10. The van der Waals surface area contributed by atoms with Crippen molar-refractivity contribution in [2.45, 2.75) is 26.7 Å². The molecule has 0 saturated heterocycles. The first-order valence-corrected chi connectivity index (χ1v) is 6.64. The first kappa shape index (κ1) is 13.5. The highest BCUT2D eigenvalue weighted by atomic mass is 79.9. The zero-order chi connectivity index (χ0) is 12.0. The van der Waals surface area contributed by atoms with E-state index in [-0.39, 0.29) is 0 Å². The number of thiocarbonyl (C=S) groups is 1. The Labute approximate surface area is 111 Å². The van der Waals surface area contributed by atoms with E-state index < -0.39 is 0 Å². The molecule has 0 aliphatic heterocycles. The SMILES string of the molecule is CCCCNC(=S)Nc1ccc(C)c(Br)c1. The number of hydrogen-bond donors (Lipinski definition) is 2. The molecule has 0 amide bonds. The molecule has 0 aromatic heterocycles. The molecule has 0 unspecified atom stereocenters. The van der Waals surface area contributed by atoms with Crippen molar-refractivity contribution in [3.63, 3.8) is 0 Å². The van der Waals surface area contributed by atoms with Crippen molar-refractivity contribution in [3.8, 4) is 0 Å². The third-order valence-corrected chi connectivity index (χ3v) is 3.35. The zero-order valence-corrected chi connectivity index (χ0v) is 12.0. The van der Waals surface area contributed by atoms with Gasteiger partial charge in [-0.2, -0.15) is 0 Å². The van der Waals surface area contributed by atoms with Gasteiger partial charge in [-0.05, 0) is 43.3 Å². The van der Waals surface area contributed by atoms with Gasteiger partial charge in [0.1, 0.15) is 0 Å². The molecule has 16 heavy (non-hydrogen) atoms. The fraction of sp³-hybridized carbons (Fsp3) is 0.417. The van der Waals surface area contributed by atoms with Crippen LogP contribution in [-0.2, 0) is 0 Å². The maximum absolute atomic E-state index is 5.19. The first-order valence-electron chi connectivity index (χ1n) is 5.44. The van der Waals surface area contributed by atoms with E-state index in [0.29, 0.717) is 5.11 Å². The molecule has 2 nitrogen and oxygen atoms in total. The molecule has 2 N–H and O–H groups in total. The van der Waals surface area contributed by atoms with E-state index in [9.17, 15) is 0 Å². The summed E-state index contributed by atoms with van der Waals surface area (Å²) in [7, 11) is 0.